The Labute approximate surface area is 143 Å². The van der Waals surface area contributed by atoms with Gasteiger partial charge in [-0.05, 0) is 31.2 Å². The Bertz CT molecular complexity index is 901. The molecule has 0 spiro atoms. The summed E-state index contributed by atoms with van der Waals surface area (Å²) in [6.45, 7) is 2.65. The first-order valence-corrected chi connectivity index (χ1v) is 8.40. The summed E-state index contributed by atoms with van der Waals surface area (Å²) in [5, 5.41) is 15.0. The van der Waals surface area contributed by atoms with Crippen molar-refractivity contribution in [2.24, 2.45) is 0 Å². The zero-order valence-electron chi connectivity index (χ0n) is 13.5. The van der Waals surface area contributed by atoms with Gasteiger partial charge in [-0.15, -0.1) is 0 Å². The molecule has 5 heterocycles. The number of fused-ring (bicyclic) bond motifs is 2. The Morgan fingerprint density at radius 3 is 3.20 bits per heavy atom. The molecule has 0 saturated carbocycles. The number of hydrogen-bond acceptors (Lipinski definition) is 6. The van der Waals surface area contributed by atoms with Crippen LogP contribution in [0.4, 0.5) is 5.88 Å². The molecule has 1 amide bonds. The van der Waals surface area contributed by atoms with Crippen LogP contribution in [0, 0.1) is 0 Å². The van der Waals surface area contributed by atoms with E-state index in [-0.39, 0.29) is 11.8 Å². The van der Waals surface area contributed by atoms with Gasteiger partial charge in [0.15, 0.2) is 11.5 Å². The molecule has 0 radical (unpaired) electrons. The van der Waals surface area contributed by atoms with Crippen LogP contribution in [0.5, 0.6) is 0 Å². The number of aromatic nitrogens is 3. The highest BCUT2D eigenvalue weighted by molar-refractivity contribution is 5.95. The lowest BCUT2D eigenvalue weighted by atomic mass is 9.88. The van der Waals surface area contributed by atoms with E-state index >= 15 is 0 Å². The van der Waals surface area contributed by atoms with E-state index in [4.69, 9.17) is 14.0 Å². The van der Waals surface area contributed by atoms with E-state index in [9.17, 15) is 4.79 Å². The summed E-state index contributed by atoms with van der Waals surface area (Å²) in [5.41, 5.74) is 3.45. The van der Waals surface area contributed by atoms with Crippen molar-refractivity contribution in [2.45, 2.75) is 31.8 Å². The Balaban J connectivity index is 1.61. The fraction of sp³-hybridized carbons (Fsp3) is 0.353. The molecule has 0 saturated heterocycles. The highest BCUT2D eigenvalue weighted by Crippen LogP contribution is 2.42. The topological polar surface area (TPSA) is 98.1 Å². The minimum absolute atomic E-state index is 0.0963. The van der Waals surface area contributed by atoms with E-state index in [0.717, 1.165) is 43.0 Å². The fourth-order valence-electron chi connectivity index (χ4n) is 3.57. The first-order chi connectivity index (χ1) is 12.3. The minimum atomic E-state index is -0.200. The predicted molar refractivity (Wildman–Crippen MR) is 87.8 cm³/mol. The Kier molecular flexibility index (Phi) is 3.24. The average molecular weight is 339 g/mol. The zero-order valence-corrected chi connectivity index (χ0v) is 13.5. The van der Waals surface area contributed by atoms with Gasteiger partial charge in [0.1, 0.15) is 0 Å². The summed E-state index contributed by atoms with van der Waals surface area (Å²) >= 11 is 0. The van der Waals surface area contributed by atoms with E-state index in [2.05, 4.69) is 21.9 Å². The molecule has 0 bridgehead atoms. The van der Waals surface area contributed by atoms with Crippen LogP contribution in [0.1, 0.15) is 35.7 Å². The Morgan fingerprint density at radius 2 is 2.32 bits per heavy atom. The van der Waals surface area contributed by atoms with E-state index in [0.29, 0.717) is 23.8 Å². The summed E-state index contributed by atoms with van der Waals surface area (Å²) in [4.78, 5) is 12.1. The van der Waals surface area contributed by atoms with Crippen LogP contribution >= 0.6 is 0 Å². The first kappa shape index (κ1) is 14.5. The second kappa shape index (κ2) is 5.59. The van der Waals surface area contributed by atoms with Crippen molar-refractivity contribution in [3.8, 4) is 11.5 Å². The predicted octanol–water partition coefficient (Wildman–Crippen LogP) is 2.10. The van der Waals surface area contributed by atoms with E-state index < -0.39 is 0 Å². The largest absolute Gasteiger partial charge is 0.463 e. The van der Waals surface area contributed by atoms with Crippen LogP contribution in [-0.4, -0.2) is 27.4 Å². The Hall–Kier alpha value is -2.87. The smallest absolute Gasteiger partial charge is 0.235 e. The molecule has 1 unspecified atom stereocenters. The molecule has 0 aromatic carbocycles. The summed E-state index contributed by atoms with van der Waals surface area (Å²) in [6.07, 6.45) is 2.94. The van der Waals surface area contributed by atoms with E-state index in [1.165, 1.54) is 0 Å². The summed E-state index contributed by atoms with van der Waals surface area (Å²) in [5.74, 6) is 0.707. The maximum Gasteiger partial charge on any atom is 0.235 e. The minimum Gasteiger partial charge on any atom is -0.463 e. The highest BCUT2D eigenvalue weighted by Gasteiger charge is 2.36. The SMILES string of the molecule is O=C1CC(c2cc3n(n2)CCCNC3)c2c(-c3ccco3)noc2N1. The molecular weight excluding hydrogens is 322 g/mol. The number of anilines is 1. The van der Waals surface area contributed by atoms with Crippen molar-refractivity contribution in [1.82, 2.24) is 20.3 Å². The molecule has 0 fully saturated rings. The third-order valence-electron chi connectivity index (χ3n) is 4.74. The van der Waals surface area contributed by atoms with Gasteiger partial charge in [0.25, 0.3) is 0 Å². The number of nitrogens with one attached hydrogen (secondary N) is 2. The molecule has 3 aromatic heterocycles. The number of aryl methyl sites for hydroxylation is 1. The molecule has 2 aliphatic rings. The number of furan rings is 1. The standard InChI is InChI=1S/C17H17N5O3/c23-14-8-11(12-7-10-9-18-4-2-5-22(10)20-12)15-16(13-3-1-6-24-13)21-25-17(15)19-14/h1,3,6-7,11,18H,2,4-5,8-9H2,(H,19,23). The monoisotopic (exact) mass is 339 g/mol. The van der Waals surface area contributed by atoms with Crippen LogP contribution in [-0.2, 0) is 17.9 Å². The molecule has 25 heavy (non-hydrogen) atoms. The molecule has 5 rings (SSSR count). The van der Waals surface area contributed by atoms with Gasteiger partial charge in [-0.3, -0.25) is 14.8 Å². The van der Waals surface area contributed by atoms with Crippen molar-refractivity contribution in [3.05, 3.63) is 41.4 Å². The number of nitrogens with zero attached hydrogens (tertiary/aromatic N) is 3. The van der Waals surface area contributed by atoms with Crippen molar-refractivity contribution < 1.29 is 13.7 Å². The van der Waals surface area contributed by atoms with Crippen LogP contribution in [0.25, 0.3) is 11.5 Å². The van der Waals surface area contributed by atoms with Gasteiger partial charge in [0.05, 0.1) is 23.2 Å². The summed E-state index contributed by atoms with van der Waals surface area (Å²) in [6, 6.07) is 5.71. The van der Waals surface area contributed by atoms with E-state index in [1.54, 1.807) is 12.3 Å². The highest BCUT2D eigenvalue weighted by atomic mass is 16.5. The molecule has 8 nitrogen and oxygen atoms in total. The van der Waals surface area contributed by atoms with Crippen molar-refractivity contribution >= 4 is 11.8 Å². The van der Waals surface area contributed by atoms with Crippen LogP contribution in [0.2, 0.25) is 0 Å². The summed E-state index contributed by atoms with van der Waals surface area (Å²) in [7, 11) is 0. The number of carbonyl (C=O) groups excluding carboxylic acids is 1. The second-order valence-corrected chi connectivity index (χ2v) is 6.37. The van der Waals surface area contributed by atoms with E-state index in [1.807, 2.05) is 10.7 Å². The molecule has 128 valence electrons. The van der Waals surface area contributed by atoms with Gasteiger partial charge in [0.2, 0.25) is 11.8 Å². The van der Waals surface area contributed by atoms with Gasteiger partial charge in [-0.2, -0.15) is 5.10 Å². The summed E-state index contributed by atoms with van der Waals surface area (Å²) < 4.78 is 12.9. The van der Waals surface area contributed by atoms with Crippen molar-refractivity contribution in [3.63, 3.8) is 0 Å². The molecule has 3 aromatic rings. The lowest BCUT2D eigenvalue weighted by Gasteiger charge is -2.19. The first-order valence-electron chi connectivity index (χ1n) is 8.40. The molecule has 2 aliphatic heterocycles. The number of rotatable bonds is 2. The second-order valence-electron chi connectivity index (χ2n) is 6.37. The third kappa shape index (κ3) is 2.37. The third-order valence-corrected chi connectivity index (χ3v) is 4.74. The molecule has 0 aliphatic carbocycles. The number of amides is 1. The number of hydrogen-bond donors (Lipinski definition) is 2. The quantitative estimate of drug-likeness (QED) is 0.742. The maximum absolute atomic E-state index is 12.1. The molecule has 1 atom stereocenters. The van der Waals surface area contributed by atoms with Crippen molar-refractivity contribution in [1.29, 1.82) is 0 Å². The van der Waals surface area contributed by atoms with Crippen LogP contribution in [0.15, 0.2) is 33.4 Å². The van der Waals surface area contributed by atoms with Crippen LogP contribution in [0.3, 0.4) is 0 Å². The zero-order chi connectivity index (χ0) is 16.8. The normalized spacial score (nSPS) is 19.8. The van der Waals surface area contributed by atoms with Gasteiger partial charge in [-0.1, -0.05) is 5.16 Å². The average Bonchev–Trinajstić information content (AvgIpc) is 3.31. The lowest BCUT2D eigenvalue weighted by Crippen LogP contribution is -2.23. The Morgan fingerprint density at radius 1 is 1.36 bits per heavy atom. The maximum atomic E-state index is 12.1. The van der Waals surface area contributed by atoms with Gasteiger partial charge in [-0.25, -0.2) is 0 Å². The van der Waals surface area contributed by atoms with Crippen molar-refractivity contribution in [2.75, 3.05) is 11.9 Å². The molecular formula is C17H17N5O3. The van der Waals surface area contributed by atoms with Crippen LogP contribution < -0.4 is 10.6 Å². The van der Waals surface area contributed by atoms with Gasteiger partial charge < -0.3 is 14.3 Å². The van der Waals surface area contributed by atoms with Gasteiger partial charge >= 0.3 is 0 Å². The van der Waals surface area contributed by atoms with Gasteiger partial charge in [0, 0.05) is 25.4 Å². The molecule has 2 N–H and O–H groups in total. The molecule has 8 heteroatoms. The lowest BCUT2D eigenvalue weighted by molar-refractivity contribution is -0.116. The number of carbonyl (C=O) groups is 1. The fourth-order valence-corrected chi connectivity index (χ4v) is 3.57.